The van der Waals surface area contributed by atoms with E-state index in [0.29, 0.717) is 5.69 Å². The fourth-order valence-corrected chi connectivity index (χ4v) is 0.969. The van der Waals surface area contributed by atoms with Crippen LogP contribution in [0.2, 0.25) is 0 Å². The Labute approximate surface area is 84.8 Å². The fraction of sp³-hybridized carbons (Fsp3) is 0.455. The molecule has 74 valence electrons. The van der Waals surface area contributed by atoms with E-state index in [9.17, 15) is 0 Å². The molecule has 1 N–H and O–H groups in total. The zero-order valence-electron chi connectivity index (χ0n) is 8.83. The smallest absolute Gasteiger partial charge is 0.142 e. The summed E-state index contributed by atoms with van der Waals surface area (Å²) in [5.41, 5.74) is 1.63. The van der Waals surface area contributed by atoms with Gasteiger partial charge in [0.05, 0.1) is 0 Å². The molecule has 1 aromatic heterocycles. The molecule has 0 aliphatic heterocycles. The molecule has 0 aliphatic rings. The molecule has 1 heterocycles. The van der Waals surface area contributed by atoms with Gasteiger partial charge in [0.15, 0.2) is 0 Å². The van der Waals surface area contributed by atoms with Crippen LogP contribution < -0.4 is 5.32 Å². The van der Waals surface area contributed by atoms with Crippen LogP contribution in [0.15, 0.2) is 18.3 Å². The van der Waals surface area contributed by atoms with Crippen LogP contribution in [0.5, 0.6) is 0 Å². The van der Waals surface area contributed by atoms with E-state index in [4.69, 9.17) is 5.26 Å². The van der Waals surface area contributed by atoms with Gasteiger partial charge >= 0.3 is 0 Å². The molecular formula is C11H15N3. The Morgan fingerprint density at radius 2 is 2.21 bits per heavy atom. The minimum Gasteiger partial charge on any atom is -0.384 e. The van der Waals surface area contributed by atoms with Crippen LogP contribution in [0.3, 0.4) is 0 Å². The molecule has 1 rings (SSSR count). The first-order valence-corrected chi connectivity index (χ1v) is 4.61. The molecule has 0 unspecified atom stereocenters. The highest BCUT2D eigenvalue weighted by atomic mass is 14.9. The normalized spacial score (nSPS) is 10.7. The Morgan fingerprint density at radius 1 is 1.50 bits per heavy atom. The van der Waals surface area contributed by atoms with Crippen molar-refractivity contribution in [2.45, 2.75) is 20.8 Å². The molecule has 0 aliphatic carbocycles. The number of nitriles is 1. The monoisotopic (exact) mass is 189 g/mol. The van der Waals surface area contributed by atoms with Crippen LogP contribution in [-0.4, -0.2) is 11.5 Å². The van der Waals surface area contributed by atoms with Crippen molar-refractivity contribution in [2.75, 3.05) is 11.9 Å². The van der Waals surface area contributed by atoms with Crippen molar-refractivity contribution >= 4 is 5.69 Å². The molecule has 0 saturated heterocycles. The molecule has 0 amide bonds. The van der Waals surface area contributed by atoms with Gasteiger partial charge in [0.1, 0.15) is 11.8 Å². The maximum Gasteiger partial charge on any atom is 0.142 e. The molecule has 0 aromatic carbocycles. The van der Waals surface area contributed by atoms with Gasteiger partial charge in [-0.3, -0.25) is 0 Å². The molecule has 0 atom stereocenters. The Bertz CT molecular complexity index is 344. The second-order valence-electron chi connectivity index (χ2n) is 4.46. The number of hydrogen-bond donors (Lipinski definition) is 1. The van der Waals surface area contributed by atoms with Gasteiger partial charge in [0.2, 0.25) is 0 Å². The average Bonchev–Trinajstić information content (AvgIpc) is 2.14. The summed E-state index contributed by atoms with van der Waals surface area (Å²) in [4.78, 5) is 3.90. The van der Waals surface area contributed by atoms with Gasteiger partial charge in [0.25, 0.3) is 0 Å². The van der Waals surface area contributed by atoms with E-state index in [-0.39, 0.29) is 5.41 Å². The van der Waals surface area contributed by atoms with Gasteiger partial charge in [-0.15, -0.1) is 0 Å². The third-order valence-electron chi connectivity index (χ3n) is 1.70. The van der Waals surface area contributed by atoms with Crippen molar-refractivity contribution in [3.63, 3.8) is 0 Å². The number of nitrogens with one attached hydrogen (secondary N) is 1. The van der Waals surface area contributed by atoms with E-state index in [1.807, 2.05) is 12.1 Å². The molecule has 0 saturated carbocycles. The van der Waals surface area contributed by atoms with Gasteiger partial charge < -0.3 is 5.32 Å². The van der Waals surface area contributed by atoms with E-state index in [0.717, 1.165) is 12.2 Å². The molecular weight excluding hydrogens is 174 g/mol. The summed E-state index contributed by atoms with van der Waals surface area (Å²) < 4.78 is 0. The van der Waals surface area contributed by atoms with Crippen LogP contribution in [-0.2, 0) is 0 Å². The molecule has 0 bridgehead atoms. The van der Waals surface area contributed by atoms with Gasteiger partial charge in [0, 0.05) is 18.4 Å². The second kappa shape index (κ2) is 4.10. The van der Waals surface area contributed by atoms with E-state index in [2.05, 4.69) is 31.1 Å². The summed E-state index contributed by atoms with van der Waals surface area (Å²) in [6.07, 6.45) is 1.64. The van der Waals surface area contributed by atoms with Crippen molar-refractivity contribution in [1.29, 1.82) is 5.26 Å². The van der Waals surface area contributed by atoms with Gasteiger partial charge in [-0.25, -0.2) is 4.98 Å². The van der Waals surface area contributed by atoms with Crippen molar-refractivity contribution in [1.82, 2.24) is 4.98 Å². The number of rotatable bonds is 2. The topological polar surface area (TPSA) is 48.7 Å². The third kappa shape index (κ3) is 3.44. The first-order valence-electron chi connectivity index (χ1n) is 4.61. The number of anilines is 1. The Kier molecular flexibility index (Phi) is 3.08. The Morgan fingerprint density at radius 3 is 2.79 bits per heavy atom. The summed E-state index contributed by atoms with van der Waals surface area (Å²) >= 11 is 0. The van der Waals surface area contributed by atoms with Crippen LogP contribution in [0.4, 0.5) is 5.69 Å². The lowest BCUT2D eigenvalue weighted by Crippen LogP contribution is -2.19. The first-order chi connectivity index (χ1) is 6.51. The van der Waals surface area contributed by atoms with Crippen LogP contribution in [0.25, 0.3) is 0 Å². The van der Waals surface area contributed by atoms with Crippen molar-refractivity contribution in [3.05, 3.63) is 24.0 Å². The minimum absolute atomic E-state index is 0.232. The molecule has 3 heteroatoms. The highest BCUT2D eigenvalue weighted by Crippen LogP contribution is 2.15. The average molecular weight is 189 g/mol. The fourth-order valence-electron chi connectivity index (χ4n) is 0.969. The Hall–Kier alpha value is -1.56. The first kappa shape index (κ1) is 10.5. The standard InChI is InChI=1S/C11H15N3/c1-11(2,3)8-14-9-4-5-13-10(6-9)7-12/h4-6H,8H2,1-3H3,(H,13,14). The highest BCUT2D eigenvalue weighted by Gasteiger charge is 2.09. The summed E-state index contributed by atoms with van der Waals surface area (Å²) in [6, 6.07) is 5.64. The molecule has 14 heavy (non-hydrogen) atoms. The SMILES string of the molecule is CC(C)(C)CNc1ccnc(C#N)c1. The predicted octanol–water partition coefficient (Wildman–Crippen LogP) is 2.41. The quantitative estimate of drug-likeness (QED) is 0.777. The predicted molar refractivity (Wildman–Crippen MR) is 56.9 cm³/mol. The minimum atomic E-state index is 0.232. The highest BCUT2D eigenvalue weighted by molar-refractivity contribution is 5.45. The Balaban J connectivity index is 2.65. The lowest BCUT2D eigenvalue weighted by Gasteiger charge is -2.19. The summed E-state index contributed by atoms with van der Waals surface area (Å²) in [5, 5.41) is 11.9. The maximum absolute atomic E-state index is 8.65. The van der Waals surface area contributed by atoms with E-state index in [1.54, 1.807) is 12.3 Å². The largest absolute Gasteiger partial charge is 0.384 e. The molecule has 1 aromatic rings. The van der Waals surface area contributed by atoms with Gasteiger partial charge in [-0.05, 0) is 17.5 Å². The zero-order chi connectivity index (χ0) is 10.6. The van der Waals surface area contributed by atoms with Gasteiger partial charge in [-0.1, -0.05) is 20.8 Å². The lowest BCUT2D eigenvalue weighted by molar-refractivity contribution is 0.443. The summed E-state index contributed by atoms with van der Waals surface area (Å²) in [5.74, 6) is 0. The number of hydrogen-bond acceptors (Lipinski definition) is 3. The third-order valence-corrected chi connectivity index (χ3v) is 1.70. The number of nitrogens with zero attached hydrogens (tertiary/aromatic N) is 2. The summed E-state index contributed by atoms with van der Waals surface area (Å²) in [6.45, 7) is 7.35. The van der Waals surface area contributed by atoms with Crippen LogP contribution >= 0.6 is 0 Å². The van der Waals surface area contributed by atoms with Crippen molar-refractivity contribution in [3.8, 4) is 6.07 Å². The summed E-state index contributed by atoms with van der Waals surface area (Å²) in [7, 11) is 0. The lowest BCUT2D eigenvalue weighted by atomic mass is 9.97. The van der Waals surface area contributed by atoms with E-state index >= 15 is 0 Å². The number of pyridine rings is 1. The number of aromatic nitrogens is 1. The van der Waals surface area contributed by atoms with Crippen molar-refractivity contribution < 1.29 is 0 Å². The molecule has 0 radical (unpaired) electrons. The van der Waals surface area contributed by atoms with Gasteiger partial charge in [-0.2, -0.15) is 5.26 Å². The van der Waals surface area contributed by atoms with Crippen molar-refractivity contribution in [2.24, 2.45) is 5.41 Å². The van der Waals surface area contributed by atoms with E-state index < -0.39 is 0 Å². The molecule has 0 fully saturated rings. The second-order valence-corrected chi connectivity index (χ2v) is 4.46. The van der Waals surface area contributed by atoms with Crippen LogP contribution in [0, 0.1) is 16.7 Å². The maximum atomic E-state index is 8.65. The van der Waals surface area contributed by atoms with E-state index in [1.165, 1.54) is 0 Å². The molecule has 3 nitrogen and oxygen atoms in total. The van der Waals surface area contributed by atoms with Crippen LogP contribution in [0.1, 0.15) is 26.5 Å². The molecule has 0 spiro atoms. The zero-order valence-corrected chi connectivity index (χ0v) is 8.83.